The highest BCUT2D eigenvalue weighted by Gasteiger charge is 2.43. The van der Waals surface area contributed by atoms with Gasteiger partial charge in [0.2, 0.25) is 0 Å². The summed E-state index contributed by atoms with van der Waals surface area (Å²) in [5.41, 5.74) is 0.0701. The van der Waals surface area contributed by atoms with Gasteiger partial charge in [-0.3, -0.25) is 4.79 Å². The third-order valence-corrected chi connectivity index (χ3v) is 3.97. The van der Waals surface area contributed by atoms with Gasteiger partial charge in [-0.15, -0.1) is 0 Å². The second kappa shape index (κ2) is 5.21. The van der Waals surface area contributed by atoms with Crippen LogP contribution in [0.1, 0.15) is 0 Å². The third kappa shape index (κ3) is 2.27. The predicted molar refractivity (Wildman–Crippen MR) is 79.2 cm³/mol. The van der Waals surface area contributed by atoms with Crippen LogP contribution in [0.25, 0.3) is 0 Å². The van der Waals surface area contributed by atoms with Crippen LogP contribution in [0.15, 0.2) is 42.6 Å². The van der Waals surface area contributed by atoms with Crippen molar-refractivity contribution >= 4 is 17.5 Å². The minimum atomic E-state index is -0.893. The van der Waals surface area contributed by atoms with Crippen molar-refractivity contribution in [1.29, 1.82) is 0 Å². The van der Waals surface area contributed by atoms with E-state index in [-0.39, 0.29) is 0 Å². The van der Waals surface area contributed by atoms with Crippen LogP contribution in [0.4, 0.5) is 11.5 Å². The summed E-state index contributed by atoms with van der Waals surface area (Å²) >= 11 is 0. The predicted octanol–water partition coefficient (Wildman–Crippen LogP) is 1.48. The second-order valence-electron chi connectivity index (χ2n) is 5.12. The van der Waals surface area contributed by atoms with E-state index in [4.69, 9.17) is 4.74 Å². The zero-order valence-corrected chi connectivity index (χ0v) is 11.7. The van der Waals surface area contributed by atoms with Crippen LogP contribution in [0, 0.1) is 5.92 Å². The summed E-state index contributed by atoms with van der Waals surface area (Å²) < 4.78 is 5.62. The summed E-state index contributed by atoms with van der Waals surface area (Å²) in [4.78, 5) is 17.8. The normalized spacial score (nSPS) is 26.5. The van der Waals surface area contributed by atoms with Crippen molar-refractivity contribution in [2.75, 3.05) is 30.5 Å². The van der Waals surface area contributed by atoms with Crippen molar-refractivity contribution in [2.45, 2.75) is 5.60 Å². The number of nitrogens with one attached hydrogen (secondary N) is 1. The molecule has 0 spiro atoms. The molecule has 0 radical (unpaired) electrons. The minimum absolute atomic E-state index is 0.438. The van der Waals surface area contributed by atoms with Gasteiger partial charge < -0.3 is 20.1 Å². The van der Waals surface area contributed by atoms with Gasteiger partial charge in [0.05, 0.1) is 18.9 Å². The summed E-state index contributed by atoms with van der Waals surface area (Å²) in [6.07, 6.45) is 8.79. The molecule has 2 N–H and O–H groups in total. The Kier molecular flexibility index (Phi) is 3.39. The Bertz CT molecular complexity index is 614. The molecule has 0 saturated carbocycles. The van der Waals surface area contributed by atoms with Gasteiger partial charge in [-0.05, 0) is 18.2 Å². The molecule has 3 rings (SSSR count). The standard InChI is InChI=1S/C15H17N3O3/c1-21-15(7-3-2-5-11(15)14(19)20)9-18-10-17-13-12(18)6-4-8-16-13/h2-8,11H,9-10H2,1H3,(H,16,17)(H,19,20). The van der Waals surface area contributed by atoms with E-state index in [1.165, 1.54) is 0 Å². The molecule has 0 fully saturated rings. The zero-order chi connectivity index (χ0) is 14.9. The van der Waals surface area contributed by atoms with Gasteiger partial charge in [-0.2, -0.15) is 0 Å². The number of pyridine rings is 1. The van der Waals surface area contributed by atoms with Gasteiger partial charge in [0.15, 0.2) is 5.82 Å². The van der Waals surface area contributed by atoms with Gasteiger partial charge in [-0.1, -0.05) is 18.2 Å². The van der Waals surface area contributed by atoms with E-state index in [1.54, 1.807) is 25.5 Å². The number of carboxylic acid groups (broad SMARTS) is 1. The Morgan fingerprint density at radius 3 is 3.24 bits per heavy atom. The average Bonchev–Trinajstić information content (AvgIpc) is 2.90. The van der Waals surface area contributed by atoms with E-state index in [1.807, 2.05) is 29.2 Å². The number of rotatable bonds is 4. The summed E-state index contributed by atoms with van der Waals surface area (Å²) in [7, 11) is 1.55. The molecule has 6 heteroatoms. The van der Waals surface area contributed by atoms with Crippen molar-refractivity contribution in [1.82, 2.24) is 4.98 Å². The first kappa shape index (κ1) is 13.6. The highest BCUT2D eigenvalue weighted by Crippen LogP contribution is 2.35. The molecule has 0 amide bonds. The number of carbonyl (C=O) groups is 1. The molecule has 0 bridgehead atoms. The van der Waals surface area contributed by atoms with E-state index in [9.17, 15) is 9.90 Å². The first-order chi connectivity index (χ1) is 10.2. The van der Waals surface area contributed by atoms with Gasteiger partial charge in [-0.25, -0.2) is 4.98 Å². The molecule has 21 heavy (non-hydrogen) atoms. The topological polar surface area (TPSA) is 74.7 Å². The third-order valence-electron chi connectivity index (χ3n) is 3.97. The van der Waals surface area contributed by atoms with Crippen LogP contribution in [0.3, 0.4) is 0 Å². The quantitative estimate of drug-likeness (QED) is 0.874. The van der Waals surface area contributed by atoms with Crippen molar-refractivity contribution in [3.63, 3.8) is 0 Å². The van der Waals surface area contributed by atoms with E-state index < -0.39 is 17.5 Å². The fourth-order valence-electron chi connectivity index (χ4n) is 2.85. The van der Waals surface area contributed by atoms with Crippen molar-refractivity contribution in [2.24, 2.45) is 5.92 Å². The molecule has 1 aromatic heterocycles. The summed E-state index contributed by atoms with van der Waals surface area (Å²) in [5.74, 6) is -0.796. The van der Waals surface area contributed by atoms with Crippen LogP contribution in [-0.4, -0.2) is 42.0 Å². The highest BCUT2D eigenvalue weighted by atomic mass is 16.5. The largest absolute Gasteiger partial charge is 0.481 e. The van der Waals surface area contributed by atoms with Gasteiger partial charge in [0, 0.05) is 13.3 Å². The molecule has 0 aromatic carbocycles. The number of allylic oxidation sites excluding steroid dienone is 2. The number of fused-ring (bicyclic) bond motifs is 1. The first-order valence-electron chi connectivity index (χ1n) is 6.74. The minimum Gasteiger partial charge on any atom is -0.481 e. The lowest BCUT2D eigenvalue weighted by Crippen LogP contribution is -2.51. The fourth-order valence-corrected chi connectivity index (χ4v) is 2.85. The Morgan fingerprint density at radius 1 is 1.62 bits per heavy atom. The Balaban J connectivity index is 1.90. The van der Waals surface area contributed by atoms with Crippen LogP contribution < -0.4 is 10.2 Å². The van der Waals surface area contributed by atoms with Crippen molar-refractivity contribution in [3.8, 4) is 0 Å². The number of ether oxygens (including phenoxy) is 1. The maximum Gasteiger partial charge on any atom is 0.313 e. The molecule has 6 nitrogen and oxygen atoms in total. The molecule has 1 aliphatic heterocycles. The van der Waals surface area contributed by atoms with Crippen LogP contribution in [-0.2, 0) is 9.53 Å². The lowest BCUT2D eigenvalue weighted by atomic mass is 9.83. The number of carboxylic acids is 1. The molecule has 2 heterocycles. The number of aliphatic carboxylic acids is 1. The lowest BCUT2D eigenvalue weighted by molar-refractivity contribution is -0.147. The van der Waals surface area contributed by atoms with Crippen molar-refractivity contribution in [3.05, 3.63) is 42.6 Å². The number of hydrogen-bond acceptors (Lipinski definition) is 5. The van der Waals surface area contributed by atoms with Gasteiger partial charge >= 0.3 is 5.97 Å². The number of nitrogens with zero attached hydrogens (tertiary/aromatic N) is 2. The first-order valence-corrected chi connectivity index (χ1v) is 6.74. The van der Waals surface area contributed by atoms with E-state index in [0.717, 1.165) is 11.5 Å². The summed E-state index contributed by atoms with van der Waals surface area (Å²) in [6, 6.07) is 3.83. The molecule has 1 aliphatic carbocycles. The molecular formula is C15H17N3O3. The molecule has 0 saturated heterocycles. The van der Waals surface area contributed by atoms with Crippen LogP contribution >= 0.6 is 0 Å². The molecule has 2 atom stereocenters. The smallest absolute Gasteiger partial charge is 0.313 e. The maximum atomic E-state index is 11.5. The van der Waals surface area contributed by atoms with Crippen LogP contribution in [0.2, 0.25) is 0 Å². The Morgan fingerprint density at radius 2 is 2.48 bits per heavy atom. The zero-order valence-electron chi connectivity index (χ0n) is 11.7. The molecular weight excluding hydrogens is 270 g/mol. The molecule has 1 aromatic rings. The Labute approximate surface area is 122 Å². The Hall–Kier alpha value is -2.34. The lowest BCUT2D eigenvalue weighted by Gasteiger charge is -2.38. The van der Waals surface area contributed by atoms with E-state index >= 15 is 0 Å². The molecule has 2 aliphatic rings. The number of methoxy groups -OCH3 is 1. The summed E-state index contributed by atoms with van der Waals surface area (Å²) in [6.45, 7) is 1.02. The number of anilines is 2. The monoisotopic (exact) mass is 287 g/mol. The van der Waals surface area contributed by atoms with Gasteiger partial charge in [0.1, 0.15) is 11.5 Å². The number of aromatic nitrogens is 1. The maximum absolute atomic E-state index is 11.5. The molecule has 2 unspecified atom stereocenters. The van der Waals surface area contributed by atoms with E-state index in [2.05, 4.69) is 10.3 Å². The number of hydrogen-bond donors (Lipinski definition) is 2. The average molecular weight is 287 g/mol. The van der Waals surface area contributed by atoms with Crippen molar-refractivity contribution < 1.29 is 14.6 Å². The molecule has 110 valence electrons. The van der Waals surface area contributed by atoms with Gasteiger partial charge in [0.25, 0.3) is 0 Å². The highest BCUT2D eigenvalue weighted by molar-refractivity contribution is 5.76. The summed E-state index contributed by atoms with van der Waals surface area (Å²) in [5, 5.41) is 12.7. The fraction of sp³-hybridized carbons (Fsp3) is 0.333. The second-order valence-corrected chi connectivity index (χ2v) is 5.12. The van der Waals surface area contributed by atoms with E-state index in [0.29, 0.717) is 13.2 Å². The van der Waals surface area contributed by atoms with Crippen LogP contribution in [0.5, 0.6) is 0 Å². The SMILES string of the molecule is COC1(CN2CNc3ncccc32)C=CC=CC1C(=O)O.